The highest BCUT2D eigenvalue weighted by Gasteiger charge is 2.34. The van der Waals surface area contributed by atoms with Gasteiger partial charge in [-0.2, -0.15) is 13.4 Å². The number of nitrogens with zero attached hydrogens (tertiary/aromatic N) is 5. The van der Waals surface area contributed by atoms with Gasteiger partial charge in [0.15, 0.2) is 6.79 Å². The first-order valence-corrected chi connectivity index (χ1v) is 16.4. The molecule has 2 aliphatic heterocycles. The Balaban J connectivity index is 1.42. The molecule has 0 unspecified atom stereocenters. The predicted molar refractivity (Wildman–Crippen MR) is 171 cm³/mol. The van der Waals surface area contributed by atoms with E-state index in [1.807, 2.05) is 45.0 Å². The van der Waals surface area contributed by atoms with E-state index in [0.717, 1.165) is 22.0 Å². The highest BCUT2D eigenvalue weighted by Crippen LogP contribution is 2.39. The quantitative estimate of drug-likeness (QED) is 0.180. The van der Waals surface area contributed by atoms with Crippen LogP contribution in [0.15, 0.2) is 53.4 Å². The minimum Gasteiger partial charge on any atom is -0.467 e. The Kier molecular flexibility index (Phi) is 8.55. The number of aryl methyl sites for hydroxylation is 2. The molecular weight excluding hydrogens is 597 g/mol. The van der Waals surface area contributed by atoms with Crippen molar-refractivity contribution in [3.05, 3.63) is 76.7 Å². The molecule has 12 heteroatoms. The summed E-state index contributed by atoms with van der Waals surface area (Å²) in [5.41, 5.74) is 3.69. The van der Waals surface area contributed by atoms with Gasteiger partial charge in [0, 0.05) is 55.5 Å². The predicted octanol–water partition coefficient (Wildman–Crippen LogP) is 4.70. The molecule has 0 atom stereocenters. The molecule has 0 bridgehead atoms. The van der Waals surface area contributed by atoms with E-state index in [-0.39, 0.29) is 23.4 Å². The van der Waals surface area contributed by atoms with Gasteiger partial charge in [-0.15, -0.1) is 0 Å². The third-order valence-corrected chi connectivity index (χ3v) is 9.77. The average Bonchev–Trinajstić information content (AvgIpc) is 2.98. The lowest BCUT2D eigenvalue weighted by molar-refractivity contribution is 0.0512. The van der Waals surface area contributed by atoms with E-state index in [1.54, 1.807) is 25.3 Å². The smallest absolute Gasteiger partial charge is 0.340 e. The lowest BCUT2D eigenvalue weighted by atomic mass is 9.97. The number of hydrogen-bond donors (Lipinski definition) is 0. The zero-order chi connectivity index (χ0) is 31.9. The lowest BCUT2D eigenvalue weighted by Gasteiger charge is -2.43. The molecule has 0 radical (unpaired) electrons. The maximum absolute atomic E-state index is 15.1. The Hall–Kier alpha value is -4.00. The third-order valence-electron chi connectivity index (χ3n) is 8.55. The molecular formula is C33H38FN5O5S. The second-order valence-corrected chi connectivity index (χ2v) is 13.3. The highest BCUT2D eigenvalue weighted by molar-refractivity contribution is 7.87. The summed E-state index contributed by atoms with van der Waals surface area (Å²) in [6.07, 6.45) is 0.943. The molecule has 0 amide bonds. The Bertz CT molecular complexity index is 1830. The molecule has 3 heterocycles. The third kappa shape index (κ3) is 6.14. The number of aromatic nitrogens is 2. The zero-order valence-electron chi connectivity index (χ0n) is 26.2. The Morgan fingerprint density at radius 2 is 1.80 bits per heavy atom. The normalized spacial score (nSPS) is 15.4. The molecule has 45 heavy (non-hydrogen) atoms. The van der Waals surface area contributed by atoms with Gasteiger partial charge in [0.1, 0.15) is 16.5 Å². The zero-order valence-corrected chi connectivity index (χ0v) is 27.0. The number of rotatable bonds is 10. The van der Waals surface area contributed by atoms with Crippen LogP contribution in [-0.4, -0.2) is 77.0 Å². The molecule has 0 spiro atoms. The summed E-state index contributed by atoms with van der Waals surface area (Å²) in [6, 6.07) is 13.9. The topological polar surface area (TPSA) is 97.3 Å². The Morgan fingerprint density at radius 1 is 1.04 bits per heavy atom. The molecule has 6 rings (SSSR count). The van der Waals surface area contributed by atoms with E-state index in [9.17, 15) is 8.42 Å². The molecule has 0 N–H and O–H groups in total. The van der Waals surface area contributed by atoms with Crippen LogP contribution in [-0.2, 0) is 34.2 Å². The summed E-state index contributed by atoms with van der Waals surface area (Å²) in [7, 11) is 1.47. The first kappa shape index (κ1) is 31.0. The van der Waals surface area contributed by atoms with Gasteiger partial charge < -0.3 is 28.4 Å². The summed E-state index contributed by atoms with van der Waals surface area (Å²) < 4.78 is 58.6. The SMILES string of the molecule is CCc1c(F)ccc2cc(OCOC)cc(N3CCc4c(nc(N5CC(N(C)C)C5)nc4OS(=O)(=O)c4ccc(C)cc4)C3)c12. The van der Waals surface area contributed by atoms with Gasteiger partial charge in [-0.25, -0.2) is 9.37 Å². The highest BCUT2D eigenvalue weighted by atomic mass is 32.2. The van der Waals surface area contributed by atoms with Crippen LogP contribution in [0.1, 0.15) is 29.3 Å². The number of ether oxygens (including phenoxy) is 2. The maximum Gasteiger partial charge on any atom is 0.340 e. The fraction of sp³-hybridized carbons (Fsp3) is 0.394. The summed E-state index contributed by atoms with van der Waals surface area (Å²) in [4.78, 5) is 16.0. The summed E-state index contributed by atoms with van der Waals surface area (Å²) >= 11 is 0. The Labute approximate surface area is 263 Å². The number of benzene rings is 3. The first-order chi connectivity index (χ1) is 21.6. The molecule has 2 aliphatic rings. The molecule has 4 aromatic rings. The molecule has 1 saturated heterocycles. The summed E-state index contributed by atoms with van der Waals surface area (Å²) in [5, 5.41) is 1.67. The van der Waals surface area contributed by atoms with Gasteiger partial charge in [-0.3, -0.25) is 0 Å². The van der Waals surface area contributed by atoms with Gasteiger partial charge in [0.25, 0.3) is 0 Å². The number of likely N-dealkylation sites (N-methyl/N-ethyl adjacent to an activating group) is 1. The van der Waals surface area contributed by atoms with Crippen molar-refractivity contribution < 1.29 is 26.5 Å². The van der Waals surface area contributed by atoms with Crippen molar-refractivity contribution in [2.24, 2.45) is 0 Å². The fourth-order valence-corrected chi connectivity index (χ4v) is 6.78. The van der Waals surface area contributed by atoms with Gasteiger partial charge in [-0.1, -0.05) is 30.7 Å². The van der Waals surface area contributed by atoms with Gasteiger partial charge in [0.05, 0.1) is 12.2 Å². The number of fused-ring (bicyclic) bond motifs is 2. The van der Waals surface area contributed by atoms with E-state index < -0.39 is 10.1 Å². The minimum atomic E-state index is -4.14. The van der Waals surface area contributed by atoms with Crippen LogP contribution in [0.4, 0.5) is 16.0 Å². The van der Waals surface area contributed by atoms with Gasteiger partial charge in [0.2, 0.25) is 11.8 Å². The van der Waals surface area contributed by atoms with Crippen LogP contribution in [0.2, 0.25) is 0 Å². The van der Waals surface area contributed by atoms with Crippen molar-refractivity contribution in [2.45, 2.75) is 44.2 Å². The molecule has 1 aromatic heterocycles. The van der Waals surface area contributed by atoms with Crippen LogP contribution >= 0.6 is 0 Å². The van der Waals surface area contributed by atoms with E-state index >= 15 is 4.39 Å². The molecule has 0 aliphatic carbocycles. The minimum absolute atomic E-state index is 0.0471. The van der Waals surface area contributed by atoms with Gasteiger partial charge in [-0.05, 0) is 69.1 Å². The molecule has 10 nitrogen and oxygen atoms in total. The molecule has 0 saturated carbocycles. The van der Waals surface area contributed by atoms with E-state index in [4.69, 9.17) is 18.6 Å². The molecule has 1 fully saturated rings. The van der Waals surface area contributed by atoms with Crippen molar-refractivity contribution in [1.29, 1.82) is 0 Å². The maximum atomic E-state index is 15.1. The Morgan fingerprint density at radius 3 is 2.49 bits per heavy atom. The van der Waals surface area contributed by atoms with Crippen LogP contribution < -0.4 is 18.7 Å². The lowest BCUT2D eigenvalue weighted by Crippen LogP contribution is -2.58. The largest absolute Gasteiger partial charge is 0.467 e. The first-order valence-electron chi connectivity index (χ1n) is 15.0. The fourth-order valence-electron chi connectivity index (χ4n) is 5.87. The number of hydrogen-bond acceptors (Lipinski definition) is 10. The molecule has 3 aromatic carbocycles. The van der Waals surface area contributed by atoms with Crippen LogP contribution in [0.5, 0.6) is 11.6 Å². The van der Waals surface area contributed by atoms with Crippen molar-refractivity contribution in [2.75, 3.05) is 57.4 Å². The van der Waals surface area contributed by atoms with E-state index in [0.29, 0.717) is 73.6 Å². The van der Waals surface area contributed by atoms with Crippen LogP contribution in [0, 0.1) is 12.7 Å². The van der Waals surface area contributed by atoms with Gasteiger partial charge >= 0.3 is 10.1 Å². The van der Waals surface area contributed by atoms with Crippen molar-refractivity contribution in [3.63, 3.8) is 0 Å². The monoisotopic (exact) mass is 635 g/mol. The second kappa shape index (κ2) is 12.4. The number of anilines is 2. The average molecular weight is 636 g/mol. The van der Waals surface area contributed by atoms with Crippen molar-refractivity contribution in [3.8, 4) is 11.6 Å². The van der Waals surface area contributed by atoms with E-state index in [1.165, 1.54) is 18.2 Å². The summed E-state index contributed by atoms with van der Waals surface area (Å²) in [5.74, 6) is 0.811. The second-order valence-electron chi connectivity index (χ2n) is 11.8. The molecule has 238 valence electrons. The van der Waals surface area contributed by atoms with E-state index in [2.05, 4.69) is 14.8 Å². The van der Waals surface area contributed by atoms with Crippen molar-refractivity contribution >= 4 is 32.5 Å². The van der Waals surface area contributed by atoms with Crippen molar-refractivity contribution in [1.82, 2.24) is 14.9 Å². The van der Waals surface area contributed by atoms with Crippen LogP contribution in [0.25, 0.3) is 10.8 Å². The number of halogens is 1. The standard InChI is InChI=1S/C33H38FN5O5S/c1-6-26-28(34)12-9-22-15-24(43-20-42-5)16-30(31(22)26)38-14-13-27-29(19-38)35-33(39-17-23(18-39)37(3)4)36-32(27)44-45(40,41)25-10-7-21(2)8-11-25/h7-12,15-16,23H,6,13-14,17-20H2,1-5H3. The van der Waals surface area contributed by atoms with Crippen LogP contribution in [0.3, 0.4) is 0 Å². The number of methoxy groups -OCH3 is 1. The summed E-state index contributed by atoms with van der Waals surface area (Å²) in [6.45, 7) is 6.18.